The van der Waals surface area contributed by atoms with Crippen molar-refractivity contribution in [1.82, 2.24) is 4.98 Å². The average Bonchev–Trinajstić information content (AvgIpc) is 3.20. The molecule has 0 saturated carbocycles. The molecule has 0 aliphatic heterocycles. The molecule has 0 saturated heterocycles. The molecule has 0 aliphatic carbocycles. The van der Waals surface area contributed by atoms with E-state index in [0.29, 0.717) is 23.0 Å². The SMILES string of the molecule is Cc1nc(-c2ccc(S(=O)(=O)Nc3ccc(N=Nc4ccccc4)cc3)cc2)co1. The maximum atomic E-state index is 12.7. The Morgan fingerprint density at radius 2 is 1.47 bits per heavy atom. The Morgan fingerprint density at radius 3 is 2.07 bits per heavy atom. The Balaban J connectivity index is 1.46. The lowest BCUT2D eigenvalue weighted by Crippen LogP contribution is -2.12. The third-order valence-electron chi connectivity index (χ3n) is 4.24. The van der Waals surface area contributed by atoms with Crippen LogP contribution in [-0.4, -0.2) is 13.4 Å². The number of hydrogen-bond donors (Lipinski definition) is 1. The fraction of sp³-hybridized carbons (Fsp3) is 0.0455. The van der Waals surface area contributed by atoms with Crippen LogP contribution < -0.4 is 4.72 Å². The van der Waals surface area contributed by atoms with Crippen molar-refractivity contribution in [2.24, 2.45) is 10.2 Å². The Labute approximate surface area is 174 Å². The molecule has 150 valence electrons. The highest BCUT2D eigenvalue weighted by Crippen LogP contribution is 2.24. The zero-order valence-corrected chi connectivity index (χ0v) is 16.9. The molecule has 8 heteroatoms. The van der Waals surface area contributed by atoms with E-state index in [1.807, 2.05) is 30.3 Å². The van der Waals surface area contributed by atoms with Gasteiger partial charge in [0.15, 0.2) is 5.89 Å². The quantitative estimate of drug-likeness (QED) is 0.396. The van der Waals surface area contributed by atoms with Gasteiger partial charge in [0.25, 0.3) is 10.0 Å². The zero-order chi connectivity index (χ0) is 21.0. The molecule has 0 radical (unpaired) electrons. The fourth-order valence-corrected chi connectivity index (χ4v) is 3.78. The highest BCUT2D eigenvalue weighted by atomic mass is 32.2. The lowest BCUT2D eigenvalue weighted by molar-refractivity contribution is 0.521. The van der Waals surface area contributed by atoms with E-state index in [1.165, 1.54) is 18.4 Å². The van der Waals surface area contributed by atoms with Crippen LogP contribution in [0.2, 0.25) is 0 Å². The lowest BCUT2D eigenvalue weighted by atomic mass is 10.2. The number of azo groups is 1. The van der Waals surface area contributed by atoms with Gasteiger partial charge in [0.2, 0.25) is 0 Å². The maximum absolute atomic E-state index is 12.7. The van der Waals surface area contributed by atoms with E-state index in [1.54, 1.807) is 43.3 Å². The van der Waals surface area contributed by atoms with Crippen LogP contribution in [0.4, 0.5) is 17.1 Å². The molecule has 1 aromatic heterocycles. The predicted molar refractivity (Wildman–Crippen MR) is 115 cm³/mol. The molecular weight excluding hydrogens is 400 g/mol. The summed E-state index contributed by atoms with van der Waals surface area (Å²) in [5, 5.41) is 8.28. The molecule has 0 aliphatic rings. The summed E-state index contributed by atoms with van der Waals surface area (Å²) < 4.78 is 33.1. The third kappa shape index (κ3) is 4.61. The number of benzene rings is 3. The molecule has 4 rings (SSSR count). The summed E-state index contributed by atoms with van der Waals surface area (Å²) in [6, 6.07) is 22.5. The predicted octanol–water partition coefficient (Wildman–Crippen LogP) is 5.87. The van der Waals surface area contributed by atoms with Crippen molar-refractivity contribution in [1.29, 1.82) is 0 Å². The summed E-state index contributed by atoms with van der Waals surface area (Å²) in [5.74, 6) is 0.551. The first-order valence-corrected chi connectivity index (χ1v) is 10.6. The number of nitrogens with one attached hydrogen (secondary N) is 1. The van der Waals surface area contributed by atoms with Crippen molar-refractivity contribution in [3.05, 3.63) is 91.0 Å². The number of oxazole rings is 1. The number of anilines is 1. The molecule has 7 nitrogen and oxygen atoms in total. The van der Waals surface area contributed by atoms with Gasteiger partial charge in [-0.05, 0) is 48.5 Å². The number of aryl methyl sites for hydroxylation is 1. The van der Waals surface area contributed by atoms with Crippen molar-refractivity contribution in [2.45, 2.75) is 11.8 Å². The molecule has 1 N–H and O–H groups in total. The smallest absolute Gasteiger partial charge is 0.261 e. The highest BCUT2D eigenvalue weighted by molar-refractivity contribution is 7.92. The third-order valence-corrected chi connectivity index (χ3v) is 5.63. The van der Waals surface area contributed by atoms with Crippen LogP contribution >= 0.6 is 0 Å². The molecule has 0 unspecified atom stereocenters. The Morgan fingerprint density at radius 1 is 0.833 bits per heavy atom. The molecule has 0 amide bonds. The number of nitrogens with zero attached hydrogens (tertiary/aromatic N) is 3. The van der Waals surface area contributed by atoms with Gasteiger partial charge in [-0.1, -0.05) is 30.3 Å². The molecule has 0 spiro atoms. The normalized spacial score (nSPS) is 11.6. The van der Waals surface area contributed by atoms with Crippen LogP contribution in [-0.2, 0) is 10.0 Å². The standard InChI is InChI=1S/C22H18N4O3S/c1-16-23-22(15-29-16)17-7-13-21(14-8-17)30(27,28)26-20-11-9-19(10-12-20)25-24-18-5-3-2-4-6-18/h2-15,26H,1H3. The maximum Gasteiger partial charge on any atom is 0.261 e. The van der Waals surface area contributed by atoms with Crippen LogP contribution in [0, 0.1) is 6.92 Å². The van der Waals surface area contributed by atoms with Gasteiger partial charge in [0.1, 0.15) is 12.0 Å². The van der Waals surface area contributed by atoms with E-state index in [2.05, 4.69) is 19.9 Å². The monoisotopic (exact) mass is 418 g/mol. The van der Waals surface area contributed by atoms with E-state index in [0.717, 1.165) is 11.3 Å². The van der Waals surface area contributed by atoms with E-state index < -0.39 is 10.0 Å². The minimum absolute atomic E-state index is 0.152. The van der Waals surface area contributed by atoms with Crippen LogP contribution in [0.3, 0.4) is 0 Å². The van der Waals surface area contributed by atoms with Crippen LogP contribution in [0.1, 0.15) is 5.89 Å². The van der Waals surface area contributed by atoms with Crippen molar-refractivity contribution in [3.8, 4) is 11.3 Å². The summed E-state index contributed by atoms with van der Waals surface area (Å²) >= 11 is 0. The van der Waals surface area contributed by atoms with Crippen molar-refractivity contribution < 1.29 is 12.8 Å². The van der Waals surface area contributed by atoms with Gasteiger partial charge in [-0.3, -0.25) is 4.72 Å². The topological polar surface area (TPSA) is 96.9 Å². The summed E-state index contributed by atoms with van der Waals surface area (Å²) in [7, 11) is -3.72. The number of aromatic nitrogens is 1. The Kier molecular flexibility index (Phi) is 5.40. The molecule has 0 fully saturated rings. The highest BCUT2D eigenvalue weighted by Gasteiger charge is 2.15. The first-order chi connectivity index (χ1) is 14.5. The molecular formula is C22H18N4O3S. The van der Waals surface area contributed by atoms with E-state index in [9.17, 15) is 8.42 Å². The van der Waals surface area contributed by atoms with Crippen molar-refractivity contribution >= 4 is 27.1 Å². The molecule has 0 bridgehead atoms. The first-order valence-electron chi connectivity index (χ1n) is 9.12. The summed E-state index contributed by atoms with van der Waals surface area (Å²) in [4.78, 5) is 4.39. The van der Waals surface area contributed by atoms with E-state index >= 15 is 0 Å². The van der Waals surface area contributed by atoms with Gasteiger partial charge in [-0.25, -0.2) is 13.4 Å². The van der Waals surface area contributed by atoms with Gasteiger partial charge in [-0.2, -0.15) is 10.2 Å². The fourth-order valence-electron chi connectivity index (χ4n) is 2.72. The average molecular weight is 418 g/mol. The lowest BCUT2D eigenvalue weighted by Gasteiger charge is -2.08. The van der Waals surface area contributed by atoms with Crippen LogP contribution in [0.15, 0.2) is 105 Å². The van der Waals surface area contributed by atoms with E-state index in [4.69, 9.17) is 4.42 Å². The van der Waals surface area contributed by atoms with Gasteiger partial charge in [0.05, 0.1) is 16.3 Å². The van der Waals surface area contributed by atoms with Gasteiger partial charge in [-0.15, -0.1) is 0 Å². The zero-order valence-electron chi connectivity index (χ0n) is 16.1. The largest absolute Gasteiger partial charge is 0.449 e. The first kappa shape index (κ1) is 19.5. The molecule has 3 aromatic carbocycles. The number of sulfonamides is 1. The summed E-state index contributed by atoms with van der Waals surface area (Å²) in [6.07, 6.45) is 1.54. The Hall–Kier alpha value is -3.78. The van der Waals surface area contributed by atoms with Gasteiger partial charge in [0, 0.05) is 18.2 Å². The van der Waals surface area contributed by atoms with Crippen molar-refractivity contribution in [3.63, 3.8) is 0 Å². The molecule has 30 heavy (non-hydrogen) atoms. The second-order valence-electron chi connectivity index (χ2n) is 6.46. The summed E-state index contributed by atoms with van der Waals surface area (Å²) in [5.41, 5.74) is 3.23. The van der Waals surface area contributed by atoms with E-state index in [-0.39, 0.29) is 4.90 Å². The van der Waals surface area contributed by atoms with Crippen molar-refractivity contribution in [2.75, 3.05) is 4.72 Å². The molecule has 0 atom stereocenters. The minimum Gasteiger partial charge on any atom is -0.449 e. The Bertz CT molecular complexity index is 1260. The molecule has 4 aromatic rings. The van der Waals surface area contributed by atoms with Crippen LogP contribution in [0.25, 0.3) is 11.3 Å². The van der Waals surface area contributed by atoms with Gasteiger partial charge < -0.3 is 4.42 Å². The minimum atomic E-state index is -3.72. The van der Waals surface area contributed by atoms with Gasteiger partial charge >= 0.3 is 0 Å². The van der Waals surface area contributed by atoms with Crippen LogP contribution in [0.5, 0.6) is 0 Å². The second-order valence-corrected chi connectivity index (χ2v) is 8.15. The summed E-state index contributed by atoms with van der Waals surface area (Å²) in [6.45, 7) is 1.75. The second kappa shape index (κ2) is 8.30. The number of hydrogen-bond acceptors (Lipinski definition) is 6. The molecule has 1 heterocycles. The number of rotatable bonds is 6.